The molecule has 25 heavy (non-hydrogen) atoms. The highest BCUT2D eigenvalue weighted by Crippen LogP contribution is 2.36. The van der Waals surface area contributed by atoms with Gasteiger partial charge in [0.05, 0.1) is 26.4 Å². The number of amides is 2. The number of ether oxygens (including phenoxy) is 2. The molecule has 2 heterocycles. The Morgan fingerprint density at radius 3 is 3.12 bits per heavy atom. The normalized spacial score (nSPS) is 20.7. The standard InChI is InChI=1S/C19H25N3O3/c1-24-17-4-2-3-15-18(17)14(11-21-15)7-8-20-19(23)22-9-10-25-12-16(22)13-5-6-13/h2-4,11,13,16,21H,5-10,12H2,1H3,(H,20,23)/t16-/m1/s1. The van der Waals surface area contributed by atoms with E-state index in [9.17, 15) is 4.79 Å². The van der Waals surface area contributed by atoms with Crippen LogP contribution in [0.4, 0.5) is 4.79 Å². The fraction of sp³-hybridized carbons (Fsp3) is 0.526. The summed E-state index contributed by atoms with van der Waals surface area (Å²) in [5.74, 6) is 1.49. The molecule has 2 aliphatic rings. The number of carbonyl (C=O) groups is 1. The third kappa shape index (κ3) is 3.31. The maximum absolute atomic E-state index is 12.6. The molecule has 2 aromatic rings. The first-order valence-electron chi connectivity index (χ1n) is 9.03. The second-order valence-corrected chi connectivity index (χ2v) is 6.85. The van der Waals surface area contributed by atoms with Crippen LogP contribution in [0.15, 0.2) is 24.4 Å². The van der Waals surface area contributed by atoms with Crippen molar-refractivity contribution in [1.82, 2.24) is 15.2 Å². The minimum atomic E-state index is 0.0343. The van der Waals surface area contributed by atoms with Crippen LogP contribution in [0.1, 0.15) is 18.4 Å². The van der Waals surface area contributed by atoms with Crippen LogP contribution >= 0.6 is 0 Å². The average Bonchev–Trinajstić information content (AvgIpc) is 3.42. The molecule has 6 heteroatoms. The largest absolute Gasteiger partial charge is 0.496 e. The van der Waals surface area contributed by atoms with Crippen molar-refractivity contribution in [3.63, 3.8) is 0 Å². The minimum absolute atomic E-state index is 0.0343. The monoisotopic (exact) mass is 343 g/mol. The van der Waals surface area contributed by atoms with Crippen molar-refractivity contribution in [3.05, 3.63) is 30.0 Å². The van der Waals surface area contributed by atoms with E-state index in [0.29, 0.717) is 32.2 Å². The Bertz CT molecular complexity index is 753. The van der Waals surface area contributed by atoms with E-state index in [-0.39, 0.29) is 12.1 Å². The lowest BCUT2D eigenvalue weighted by Gasteiger charge is -2.35. The van der Waals surface area contributed by atoms with Crippen molar-refractivity contribution in [3.8, 4) is 5.75 Å². The highest BCUT2D eigenvalue weighted by atomic mass is 16.5. The number of nitrogens with zero attached hydrogens (tertiary/aromatic N) is 1. The highest BCUT2D eigenvalue weighted by Gasteiger charge is 2.39. The third-order valence-corrected chi connectivity index (χ3v) is 5.23. The SMILES string of the molecule is COc1cccc2[nH]cc(CCNC(=O)N3CCOC[C@@H]3C3CC3)c12. The van der Waals surface area contributed by atoms with E-state index in [1.54, 1.807) is 7.11 Å². The second kappa shape index (κ2) is 6.96. The molecule has 1 aromatic carbocycles. The Hall–Kier alpha value is -2.21. The van der Waals surface area contributed by atoms with Crippen LogP contribution in [-0.2, 0) is 11.2 Å². The first-order chi connectivity index (χ1) is 12.3. The van der Waals surface area contributed by atoms with Crippen LogP contribution in [-0.4, -0.2) is 55.4 Å². The van der Waals surface area contributed by atoms with Gasteiger partial charge in [0.2, 0.25) is 0 Å². The molecule has 1 saturated heterocycles. The molecule has 6 nitrogen and oxygen atoms in total. The van der Waals surface area contributed by atoms with Crippen molar-refractivity contribution < 1.29 is 14.3 Å². The fourth-order valence-electron chi connectivity index (χ4n) is 3.74. The first-order valence-corrected chi connectivity index (χ1v) is 9.03. The number of carbonyl (C=O) groups excluding carboxylic acids is 1. The van der Waals surface area contributed by atoms with E-state index in [0.717, 1.165) is 28.6 Å². The Morgan fingerprint density at radius 1 is 1.44 bits per heavy atom. The van der Waals surface area contributed by atoms with E-state index in [2.05, 4.69) is 10.3 Å². The lowest BCUT2D eigenvalue weighted by molar-refractivity contribution is 0.00477. The molecule has 2 N–H and O–H groups in total. The molecule has 1 aromatic heterocycles. The summed E-state index contributed by atoms with van der Waals surface area (Å²) in [7, 11) is 1.68. The summed E-state index contributed by atoms with van der Waals surface area (Å²) in [6, 6.07) is 6.26. The number of morpholine rings is 1. The Labute approximate surface area is 147 Å². The van der Waals surface area contributed by atoms with Crippen LogP contribution in [0.25, 0.3) is 10.9 Å². The quantitative estimate of drug-likeness (QED) is 0.877. The summed E-state index contributed by atoms with van der Waals surface area (Å²) in [5, 5.41) is 4.18. The van der Waals surface area contributed by atoms with E-state index >= 15 is 0 Å². The maximum atomic E-state index is 12.6. The summed E-state index contributed by atoms with van der Waals surface area (Å²) in [6.45, 7) is 2.61. The van der Waals surface area contributed by atoms with Crippen molar-refractivity contribution in [1.29, 1.82) is 0 Å². The molecule has 1 aliphatic heterocycles. The lowest BCUT2D eigenvalue weighted by atomic mass is 10.1. The number of H-pyrrole nitrogens is 1. The lowest BCUT2D eigenvalue weighted by Crippen LogP contribution is -2.53. The number of methoxy groups -OCH3 is 1. The van der Waals surface area contributed by atoms with Crippen LogP contribution in [0, 0.1) is 5.92 Å². The molecular formula is C19H25N3O3. The molecule has 1 atom stereocenters. The van der Waals surface area contributed by atoms with Gasteiger partial charge in [0.25, 0.3) is 0 Å². The van der Waals surface area contributed by atoms with E-state index in [1.807, 2.05) is 29.3 Å². The predicted molar refractivity (Wildman–Crippen MR) is 96.0 cm³/mol. The van der Waals surface area contributed by atoms with Crippen LogP contribution in [0.2, 0.25) is 0 Å². The second-order valence-electron chi connectivity index (χ2n) is 6.85. The molecule has 1 aliphatic carbocycles. The molecule has 0 spiro atoms. The van der Waals surface area contributed by atoms with Crippen molar-refractivity contribution in [2.24, 2.45) is 5.92 Å². The number of aromatic nitrogens is 1. The van der Waals surface area contributed by atoms with Gasteiger partial charge in [-0.25, -0.2) is 4.79 Å². The smallest absolute Gasteiger partial charge is 0.317 e. The van der Waals surface area contributed by atoms with E-state index in [1.165, 1.54) is 12.8 Å². The molecule has 0 unspecified atom stereocenters. The zero-order valence-corrected chi connectivity index (χ0v) is 14.6. The summed E-state index contributed by atoms with van der Waals surface area (Å²) < 4.78 is 11.0. The number of hydrogen-bond acceptors (Lipinski definition) is 3. The van der Waals surface area contributed by atoms with Gasteiger partial charge < -0.3 is 24.7 Å². The van der Waals surface area contributed by atoms with Gasteiger partial charge >= 0.3 is 6.03 Å². The van der Waals surface area contributed by atoms with Gasteiger partial charge in [0, 0.05) is 30.2 Å². The number of nitrogens with one attached hydrogen (secondary N) is 2. The summed E-state index contributed by atoms with van der Waals surface area (Å²) in [5.41, 5.74) is 2.22. The molecular weight excluding hydrogens is 318 g/mol. The van der Waals surface area contributed by atoms with Crippen LogP contribution < -0.4 is 10.1 Å². The molecule has 0 radical (unpaired) electrons. The molecule has 2 amide bonds. The molecule has 4 rings (SSSR count). The first kappa shape index (κ1) is 16.3. The van der Waals surface area contributed by atoms with Gasteiger partial charge in [-0.3, -0.25) is 0 Å². The number of benzene rings is 1. The zero-order valence-electron chi connectivity index (χ0n) is 14.6. The number of rotatable bonds is 5. The van der Waals surface area contributed by atoms with Gasteiger partial charge in [-0.15, -0.1) is 0 Å². The summed E-state index contributed by atoms with van der Waals surface area (Å²) in [4.78, 5) is 17.8. The minimum Gasteiger partial charge on any atom is -0.496 e. The van der Waals surface area contributed by atoms with E-state index in [4.69, 9.17) is 9.47 Å². The molecule has 134 valence electrons. The van der Waals surface area contributed by atoms with E-state index < -0.39 is 0 Å². The number of aromatic amines is 1. The molecule has 2 fully saturated rings. The average molecular weight is 343 g/mol. The Morgan fingerprint density at radius 2 is 2.32 bits per heavy atom. The van der Waals surface area contributed by atoms with Gasteiger partial charge in [-0.1, -0.05) is 6.07 Å². The highest BCUT2D eigenvalue weighted by molar-refractivity contribution is 5.89. The van der Waals surface area contributed by atoms with Crippen LogP contribution in [0.3, 0.4) is 0 Å². The van der Waals surface area contributed by atoms with Gasteiger partial charge in [0.15, 0.2) is 0 Å². The number of hydrogen-bond donors (Lipinski definition) is 2. The molecule has 0 bridgehead atoms. The zero-order chi connectivity index (χ0) is 17.2. The number of urea groups is 1. The predicted octanol–water partition coefficient (Wildman–Crippen LogP) is 2.54. The maximum Gasteiger partial charge on any atom is 0.317 e. The molecule has 1 saturated carbocycles. The van der Waals surface area contributed by atoms with Gasteiger partial charge in [-0.2, -0.15) is 0 Å². The topological polar surface area (TPSA) is 66.6 Å². The van der Waals surface area contributed by atoms with Gasteiger partial charge in [-0.05, 0) is 42.9 Å². The van der Waals surface area contributed by atoms with Crippen molar-refractivity contribution >= 4 is 16.9 Å². The van der Waals surface area contributed by atoms with Crippen molar-refractivity contribution in [2.75, 3.05) is 33.4 Å². The van der Waals surface area contributed by atoms with Crippen molar-refractivity contribution in [2.45, 2.75) is 25.3 Å². The Kier molecular flexibility index (Phi) is 4.53. The van der Waals surface area contributed by atoms with Gasteiger partial charge in [0.1, 0.15) is 5.75 Å². The Balaban J connectivity index is 1.38. The summed E-state index contributed by atoms with van der Waals surface area (Å²) in [6.07, 6.45) is 5.20. The van der Waals surface area contributed by atoms with Crippen LogP contribution in [0.5, 0.6) is 5.75 Å². The number of fused-ring (bicyclic) bond motifs is 1. The summed E-state index contributed by atoms with van der Waals surface area (Å²) >= 11 is 0. The third-order valence-electron chi connectivity index (χ3n) is 5.23. The fourth-order valence-corrected chi connectivity index (χ4v) is 3.74.